The molecule has 0 saturated carbocycles. The summed E-state index contributed by atoms with van der Waals surface area (Å²) >= 11 is 0. The molecule has 0 atom stereocenters. The Morgan fingerprint density at radius 1 is 1.25 bits per heavy atom. The molecule has 1 aromatic heterocycles. The van der Waals surface area contributed by atoms with Crippen LogP contribution in [0.25, 0.3) is 11.1 Å². The lowest BCUT2D eigenvalue weighted by molar-refractivity contribution is 0.713. The van der Waals surface area contributed by atoms with Crippen LogP contribution in [0, 0.1) is 13.8 Å². The van der Waals surface area contributed by atoms with E-state index in [9.17, 15) is 0 Å². The molecule has 16 heavy (non-hydrogen) atoms. The second-order valence-electron chi connectivity index (χ2n) is 4.13. The van der Waals surface area contributed by atoms with E-state index in [-0.39, 0.29) is 0 Å². The van der Waals surface area contributed by atoms with E-state index >= 15 is 0 Å². The van der Waals surface area contributed by atoms with E-state index in [0.29, 0.717) is 6.54 Å². The average molecular weight is 215 g/mol. The molecule has 0 fully saturated rings. The maximum Gasteiger partial charge on any atom is 0.0594 e. The lowest BCUT2D eigenvalue weighted by atomic mass is 10.0. The van der Waals surface area contributed by atoms with Crippen LogP contribution in [0.1, 0.15) is 16.8 Å². The molecule has 2 N–H and O–H groups in total. The van der Waals surface area contributed by atoms with Gasteiger partial charge in [0.05, 0.1) is 11.9 Å². The van der Waals surface area contributed by atoms with Crippen molar-refractivity contribution >= 4 is 0 Å². The van der Waals surface area contributed by atoms with Crippen molar-refractivity contribution in [2.75, 3.05) is 0 Å². The number of hydrogen-bond acceptors (Lipinski definition) is 2. The van der Waals surface area contributed by atoms with Crippen LogP contribution in [0.2, 0.25) is 0 Å². The van der Waals surface area contributed by atoms with Gasteiger partial charge in [0.15, 0.2) is 0 Å². The molecule has 0 aliphatic carbocycles. The largest absolute Gasteiger partial charge is 0.325 e. The van der Waals surface area contributed by atoms with Crippen LogP contribution in [-0.2, 0) is 13.6 Å². The monoisotopic (exact) mass is 215 g/mol. The van der Waals surface area contributed by atoms with Gasteiger partial charge < -0.3 is 5.73 Å². The maximum atomic E-state index is 5.74. The van der Waals surface area contributed by atoms with Crippen molar-refractivity contribution in [1.82, 2.24) is 9.78 Å². The van der Waals surface area contributed by atoms with Crippen molar-refractivity contribution in [3.63, 3.8) is 0 Å². The summed E-state index contributed by atoms with van der Waals surface area (Å²) in [7, 11) is 1.92. The number of hydrogen-bond donors (Lipinski definition) is 1. The van der Waals surface area contributed by atoms with Gasteiger partial charge in [0, 0.05) is 19.2 Å². The van der Waals surface area contributed by atoms with Crippen LogP contribution in [0.4, 0.5) is 0 Å². The van der Waals surface area contributed by atoms with Crippen molar-refractivity contribution in [2.45, 2.75) is 20.4 Å². The molecule has 0 saturated heterocycles. The van der Waals surface area contributed by atoms with Crippen molar-refractivity contribution < 1.29 is 0 Å². The van der Waals surface area contributed by atoms with E-state index in [1.807, 2.05) is 17.9 Å². The van der Waals surface area contributed by atoms with Crippen molar-refractivity contribution in [3.8, 4) is 11.1 Å². The third-order valence-corrected chi connectivity index (χ3v) is 3.07. The van der Waals surface area contributed by atoms with Crippen LogP contribution in [0.15, 0.2) is 24.4 Å². The number of aryl methyl sites for hydroxylation is 3. The first kappa shape index (κ1) is 10.9. The molecule has 0 spiro atoms. The highest BCUT2D eigenvalue weighted by Crippen LogP contribution is 2.24. The van der Waals surface area contributed by atoms with Gasteiger partial charge in [-0.2, -0.15) is 5.10 Å². The number of nitrogens with two attached hydrogens (primary N) is 1. The third-order valence-electron chi connectivity index (χ3n) is 3.07. The fraction of sp³-hybridized carbons (Fsp3) is 0.308. The second kappa shape index (κ2) is 4.10. The molecule has 2 aromatic rings. The van der Waals surface area contributed by atoms with Crippen LogP contribution >= 0.6 is 0 Å². The van der Waals surface area contributed by atoms with Gasteiger partial charge in [-0.15, -0.1) is 0 Å². The van der Waals surface area contributed by atoms with Gasteiger partial charge in [0.2, 0.25) is 0 Å². The van der Waals surface area contributed by atoms with Gasteiger partial charge in [0.25, 0.3) is 0 Å². The zero-order valence-electron chi connectivity index (χ0n) is 9.99. The zero-order chi connectivity index (χ0) is 11.7. The third kappa shape index (κ3) is 1.74. The Morgan fingerprint density at radius 3 is 2.62 bits per heavy atom. The molecule has 0 bridgehead atoms. The summed E-state index contributed by atoms with van der Waals surface area (Å²) in [4.78, 5) is 0. The highest BCUT2D eigenvalue weighted by Gasteiger charge is 2.09. The minimum atomic E-state index is 0.513. The molecule has 0 aliphatic rings. The second-order valence-corrected chi connectivity index (χ2v) is 4.13. The normalized spacial score (nSPS) is 10.8. The van der Waals surface area contributed by atoms with Gasteiger partial charge in [-0.3, -0.25) is 4.68 Å². The Labute approximate surface area is 95.9 Å². The predicted molar refractivity (Wildman–Crippen MR) is 66.0 cm³/mol. The van der Waals surface area contributed by atoms with E-state index in [4.69, 9.17) is 5.73 Å². The number of aromatic nitrogens is 2. The molecule has 3 heteroatoms. The predicted octanol–water partition coefficient (Wildman–Crippen LogP) is 2.16. The molecular weight excluding hydrogens is 198 g/mol. The first-order valence-electron chi connectivity index (χ1n) is 5.42. The van der Waals surface area contributed by atoms with Crippen LogP contribution in [0.3, 0.4) is 0 Å². The van der Waals surface area contributed by atoms with E-state index in [2.05, 4.69) is 37.1 Å². The summed E-state index contributed by atoms with van der Waals surface area (Å²) < 4.78 is 1.84. The van der Waals surface area contributed by atoms with Crippen LogP contribution < -0.4 is 5.73 Å². The molecule has 84 valence electrons. The number of nitrogens with zero attached hydrogens (tertiary/aromatic N) is 2. The fourth-order valence-corrected chi connectivity index (χ4v) is 1.86. The van der Waals surface area contributed by atoms with Gasteiger partial charge in [-0.25, -0.2) is 0 Å². The highest BCUT2D eigenvalue weighted by atomic mass is 15.3. The molecule has 0 amide bonds. The fourth-order valence-electron chi connectivity index (χ4n) is 1.86. The minimum absolute atomic E-state index is 0.513. The summed E-state index contributed by atoms with van der Waals surface area (Å²) in [5.74, 6) is 0. The Kier molecular flexibility index (Phi) is 2.79. The lowest BCUT2D eigenvalue weighted by Crippen LogP contribution is -2.05. The SMILES string of the molecule is Cc1ccc(-c2cnn(C)c2CN)cc1C. The number of benzene rings is 1. The van der Waals surface area contributed by atoms with Gasteiger partial charge in [-0.05, 0) is 30.5 Å². The summed E-state index contributed by atoms with van der Waals surface area (Å²) in [6, 6.07) is 6.45. The van der Waals surface area contributed by atoms with E-state index < -0.39 is 0 Å². The topological polar surface area (TPSA) is 43.8 Å². The molecule has 2 rings (SSSR count). The van der Waals surface area contributed by atoms with Crippen molar-refractivity contribution in [3.05, 3.63) is 41.2 Å². The average Bonchev–Trinajstić information content (AvgIpc) is 2.63. The molecular formula is C13H17N3. The summed E-state index contributed by atoms with van der Waals surface area (Å²) in [6.07, 6.45) is 1.88. The quantitative estimate of drug-likeness (QED) is 0.834. The van der Waals surface area contributed by atoms with Gasteiger partial charge in [-0.1, -0.05) is 18.2 Å². The van der Waals surface area contributed by atoms with Gasteiger partial charge >= 0.3 is 0 Å². The summed E-state index contributed by atoms with van der Waals surface area (Å²) in [6.45, 7) is 4.75. The Bertz CT molecular complexity index is 512. The Hall–Kier alpha value is -1.61. The maximum absolute atomic E-state index is 5.74. The molecule has 1 heterocycles. The first-order chi connectivity index (χ1) is 7.63. The summed E-state index contributed by atoms with van der Waals surface area (Å²) in [5.41, 5.74) is 11.7. The Balaban J connectivity index is 2.54. The Morgan fingerprint density at radius 2 is 2.00 bits per heavy atom. The van der Waals surface area contributed by atoms with Crippen molar-refractivity contribution in [2.24, 2.45) is 12.8 Å². The molecule has 0 unspecified atom stereocenters. The van der Waals surface area contributed by atoms with E-state index in [0.717, 1.165) is 11.3 Å². The molecule has 1 aromatic carbocycles. The smallest absolute Gasteiger partial charge is 0.0594 e. The molecule has 3 nitrogen and oxygen atoms in total. The van der Waals surface area contributed by atoms with E-state index in [1.54, 1.807) is 0 Å². The highest BCUT2D eigenvalue weighted by molar-refractivity contribution is 5.66. The zero-order valence-corrected chi connectivity index (χ0v) is 9.99. The standard InChI is InChI=1S/C13H17N3/c1-9-4-5-11(6-10(9)2)12-8-15-16(3)13(12)7-14/h4-6,8H,7,14H2,1-3H3. The first-order valence-corrected chi connectivity index (χ1v) is 5.42. The lowest BCUT2D eigenvalue weighted by Gasteiger charge is -2.06. The number of rotatable bonds is 2. The van der Waals surface area contributed by atoms with E-state index in [1.165, 1.54) is 16.7 Å². The van der Waals surface area contributed by atoms with Crippen LogP contribution in [-0.4, -0.2) is 9.78 Å². The molecule has 0 radical (unpaired) electrons. The van der Waals surface area contributed by atoms with Crippen LogP contribution in [0.5, 0.6) is 0 Å². The molecule has 0 aliphatic heterocycles. The minimum Gasteiger partial charge on any atom is -0.325 e. The van der Waals surface area contributed by atoms with Gasteiger partial charge in [0.1, 0.15) is 0 Å². The summed E-state index contributed by atoms with van der Waals surface area (Å²) in [5, 5.41) is 4.25. The van der Waals surface area contributed by atoms with Crippen molar-refractivity contribution in [1.29, 1.82) is 0 Å².